The highest BCUT2D eigenvalue weighted by Gasteiger charge is 2.21. The Morgan fingerprint density at radius 1 is 1.41 bits per heavy atom. The molecule has 1 fully saturated rings. The first-order valence-corrected chi connectivity index (χ1v) is 6.30. The van der Waals surface area contributed by atoms with Crippen LogP contribution in [0.2, 0.25) is 0 Å². The molecule has 0 saturated carbocycles. The lowest BCUT2D eigenvalue weighted by Gasteiger charge is -2.10. The number of rotatable bonds is 3. The molecule has 0 unspecified atom stereocenters. The molecule has 1 heterocycles. The Balaban J connectivity index is 0.00000144. The lowest BCUT2D eigenvalue weighted by atomic mass is 10.2. The van der Waals surface area contributed by atoms with Gasteiger partial charge in [0.2, 0.25) is 5.91 Å². The van der Waals surface area contributed by atoms with Crippen LogP contribution in [0.5, 0.6) is 0 Å². The Kier molecular flexibility index (Phi) is 5.95. The number of nitrogens with one attached hydrogen (secondary N) is 2. The quantitative estimate of drug-likeness (QED) is 0.897. The first kappa shape index (κ1) is 14.5. The molecule has 1 aromatic rings. The molecule has 1 aliphatic rings. The van der Waals surface area contributed by atoms with Crippen molar-refractivity contribution in [3.05, 3.63) is 34.3 Å². The van der Waals surface area contributed by atoms with Crippen LogP contribution in [-0.2, 0) is 11.3 Å². The predicted molar refractivity (Wildman–Crippen MR) is 74.3 cm³/mol. The van der Waals surface area contributed by atoms with Crippen molar-refractivity contribution >= 4 is 34.2 Å². The van der Waals surface area contributed by atoms with Crippen molar-refractivity contribution in [1.82, 2.24) is 10.6 Å². The van der Waals surface area contributed by atoms with E-state index in [4.69, 9.17) is 0 Å². The summed E-state index contributed by atoms with van der Waals surface area (Å²) in [4.78, 5) is 11.7. The van der Waals surface area contributed by atoms with Gasteiger partial charge in [-0.05, 0) is 37.1 Å². The summed E-state index contributed by atoms with van der Waals surface area (Å²) in [5.41, 5.74) is 1.12. The van der Waals surface area contributed by atoms with Gasteiger partial charge >= 0.3 is 0 Å². The first-order chi connectivity index (χ1) is 7.75. The van der Waals surface area contributed by atoms with Crippen molar-refractivity contribution < 1.29 is 4.79 Å². The minimum atomic E-state index is 0. The van der Waals surface area contributed by atoms with Gasteiger partial charge in [0.05, 0.1) is 6.04 Å². The fourth-order valence-corrected chi connectivity index (χ4v) is 2.09. The molecular formula is C12H16BrClN2O. The third-order valence-corrected chi connectivity index (χ3v) is 3.29. The Morgan fingerprint density at radius 2 is 2.12 bits per heavy atom. The maximum atomic E-state index is 11.7. The minimum absolute atomic E-state index is 0. The van der Waals surface area contributed by atoms with Gasteiger partial charge in [0, 0.05) is 11.0 Å². The summed E-state index contributed by atoms with van der Waals surface area (Å²) >= 11 is 3.38. The highest BCUT2D eigenvalue weighted by Crippen LogP contribution is 2.10. The van der Waals surface area contributed by atoms with Crippen molar-refractivity contribution in [3.8, 4) is 0 Å². The standard InChI is InChI=1S/C12H15BrN2O.ClH/c13-10-5-3-9(4-6-10)8-15-12(16)11-2-1-7-14-11;/h3-6,11,14H,1-2,7-8H2,(H,15,16);1H/t11-;/m0./s1. The van der Waals surface area contributed by atoms with E-state index >= 15 is 0 Å². The SMILES string of the molecule is Cl.O=C(NCc1ccc(Br)cc1)[C@@H]1CCCN1. The second-order valence-corrected chi connectivity index (χ2v) is 4.91. The molecule has 2 rings (SSSR count). The molecule has 0 bridgehead atoms. The maximum absolute atomic E-state index is 11.7. The Hall–Kier alpha value is -0.580. The predicted octanol–water partition coefficient (Wildman–Crippen LogP) is 2.24. The van der Waals surface area contributed by atoms with Crippen LogP contribution in [0, 0.1) is 0 Å². The third kappa shape index (κ3) is 4.30. The molecule has 0 radical (unpaired) electrons. The lowest BCUT2D eigenvalue weighted by Crippen LogP contribution is -2.39. The second-order valence-electron chi connectivity index (χ2n) is 3.99. The number of hydrogen-bond donors (Lipinski definition) is 2. The monoisotopic (exact) mass is 318 g/mol. The largest absolute Gasteiger partial charge is 0.351 e. The smallest absolute Gasteiger partial charge is 0.237 e. The van der Waals surface area contributed by atoms with E-state index in [1.807, 2.05) is 24.3 Å². The summed E-state index contributed by atoms with van der Waals surface area (Å²) in [7, 11) is 0. The third-order valence-electron chi connectivity index (χ3n) is 2.76. The minimum Gasteiger partial charge on any atom is -0.351 e. The number of hydrogen-bond acceptors (Lipinski definition) is 2. The lowest BCUT2D eigenvalue weighted by molar-refractivity contribution is -0.122. The molecule has 5 heteroatoms. The van der Waals surface area contributed by atoms with Crippen molar-refractivity contribution in [1.29, 1.82) is 0 Å². The molecule has 1 amide bonds. The van der Waals surface area contributed by atoms with Gasteiger partial charge in [-0.3, -0.25) is 4.79 Å². The average Bonchev–Trinajstić information content (AvgIpc) is 2.81. The van der Waals surface area contributed by atoms with E-state index in [0.717, 1.165) is 29.4 Å². The van der Waals surface area contributed by atoms with Crippen molar-refractivity contribution in [3.63, 3.8) is 0 Å². The van der Waals surface area contributed by atoms with Gasteiger partial charge < -0.3 is 10.6 Å². The highest BCUT2D eigenvalue weighted by molar-refractivity contribution is 9.10. The molecule has 1 atom stereocenters. The van der Waals surface area contributed by atoms with Gasteiger partial charge in [-0.1, -0.05) is 28.1 Å². The molecule has 3 nitrogen and oxygen atoms in total. The van der Waals surface area contributed by atoms with E-state index in [1.165, 1.54) is 0 Å². The summed E-state index contributed by atoms with van der Waals surface area (Å²) in [5, 5.41) is 6.13. The van der Waals surface area contributed by atoms with Gasteiger partial charge in [-0.2, -0.15) is 0 Å². The number of halogens is 2. The number of carbonyl (C=O) groups is 1. The fraction of sp³-hybridized carbons (Fsp3) is 0.417. The highest BCUT2D eigenvalue weighted by atomic mass is 79.9. The second kappa shape index (κ2) is 6.99. The Labute approximate surface area is 116 Å². The van der Waals surface area contributed by atoms with Crippen molar-refractivity contribution in [2.24, 2.45) is 0 Å². The maximum Gasteiger partial charge on any atom is 0.237 e. The van der Waals surface area contributed by atoms with Crippen LogP contribution >= 0.6 is 28.3 Å². The van der Waals surface area contributed by atoms with Crippen LogP contribution in [0.15, 0.2) is 28.7 Å². The molecular weight excluding hydrogens is 304 g/mol. The number of carbonyl (C=O) groups excluding carboxylic acids is 1. The van der Waals surface area contributed by atoms with E-state index in [1.54, 1.807) is 0 Å². The van der Waals surface area contributed by atoms with Crippen LogP contribution in [0.1, 0.15) is 18.4 Å². The molecule has 0 aromatic heterocycles. The molecule has 2 N–H and O–H groups in total. The zero-order chi connectivity index (χ0) is 11.4. The summed E-state index contributed by atoms with van der Waals surface area (Å²) in [6, 6.07) is 7.99. The molecule has 0 aliphatic carbocycles. The summed E-state index contributed by atoms with van der Waals surface area (Å²) < 4.78 is 1.06. The van der Waals surface area contributed by atoms with Crippen LogP contribution in [-0.4, -0.2) is 18.5 Å². The van der Waals surface area contributed by atoms with Crippen LogP contribution < -0.4 is 10.6 Å². The molecule has 1 aliphatic heterocycles. The molecule has 0 spiro atoms. The van der Waals surface area contributed by atoms with E-state index in [-0.39, 0.29) is 24.4 Å². The van der Waals surface area contributed by atoms with Gasteiger partial charge in [0.25, 0.3) is 0 Å². The average molecular weight is 320 g/mol. The van der Waals surface area contributed by atoms with Gasteiger partial charge in [0.15, 0.2) is 0 Å². The fourth-order valence-electron chi connectivity index (χ4n) is 1.82. The molecule has 1 aromatic carbocycles. The summed E-state index contributed by atoms with van der Waals surface area (Å²) in [6.07, 6.45) is 2.04. The summed E-state index contributed by atoms with van der Waals surface area (Å²) in [5.74, 6) is 0.111. The Morgan fingerprint density at radius 3 is 2.71 bits per heavy atom. The zero-order valence-electron chi connectivity index (χ0n) is 9.41. The first-order valence-electron chi connectivity index (χ1n) is 5.51. The van der Waals surface area contributed by atoms with E-state index in [9.17, 15) is 4.79 Å². The number of amides is 1. The normalized spacial score (nSPS) is 18.5. The van der Waals surface area contributed by atoms with Crippen LogP contribution in [0.25, 0.3) is 0 Å². The molecule has 17 heavy (non-hydrogen) atoms. The van der Waals surface area contributed by atoms with Crippen molar-refractivity contribution in [2.75, 3.05) is 6.54 Å². The zero-order valence-corrected chi connectivity index (χ0v) is 11.8. The number of benzene rings is 1. The van der Waals surface area contributed by atoms with Crippen LogP contribution in [0.4, 0.5) is 0 Å². The van der Waals surface area contributed by atoms with Gasteiger partial charge in [-0.25, -0.2) is 0 Å². The molecule has 1 saturated heterocycles. The summed E-state index contributed by atoms with van der Waals surface area (Å²) in [6.45, 7) is 1.56. The Bertz CT molecular complexity index is 363. The van der Waals surface area contributed by atoms with Crippen LogP contribution in [0.3, 0.4) is 0 Å². The van der Waals surface area contributed by atoms with E-state index in [0.29, 0.717) is 6.54 Å². The van der Waals surface area contributed by atoms with Crippen molar-refractivity contribution in [2.45, 2.75) is 25.4 Å². The van der Waals surface area contributed by atoms with Gasteiger partial charge in [-0.15, -0.1) is 12.4 Å². The van der Waals surface area contributed by atoms with E-state index in [2.05, 4.69) is 26.6 Å². The molecule has 94 valence electrons. The van der Waals surface area contributed by atoms with E-state index < -0.39 is 0 Å². The topological polar surface area (TPSA) is 41.1 Å². The van der Waals surface area contributed by atoms with Gasteiger partial charge in [0.1, 0.15) is 0 Å².